The molecule has 0 amide bonds. The number of aryl methyl sites for hydroxylation is 1. The first-order valence-electron chi connectivity index (χ1n) is 4.22. The van der Waals surface area contributed by atoms with E-state index in [1.165, 1.54) is 12.1 Å². The molecule has 0 bridgehead atoms. The highest BCUT2D eigenvalue weighted by molar-refractivity contribution is 9.10. The SMILES string of the molecule is Cc1ccc(CC(F)(F)C(F)(F)Br)cc1. The fourth-order valence-electron chi connectivity index (χ4n) is 1.06. The summed E-state index contributed by atoms with van der Waals surface area (Å²) in [6.07, 6.45) is -0.981. The normalized spacial score (nSPS) is 12.9. The van der Waals surface area contributed by atoms with Crippen LogP contribution in [0.15, 0.2) is 24.3 Å². The molecule has 5 heteroatoms. The maximum atomic E-state index is 12.9. The van der Waals surface area contributed by atoms with Crippen LogP contribution in [0, 0.1) is 6.92 Å². The maximum Gasteiger partial charge on any atom is 0.363 e. The standard InChI is InChI=1S/C10H9BrF4/c1-7-2-4-8(5-3-7)6-9(12,13)10(11,14)15/h2-5H,6H2,1H3. The van der Waals surface area contributed by atoms with Crippen molar-refractivity contribution in [1.29, 1.82) is 0 Å². The predicted octanol–water partition coefficient (Wildman–Crippen LogP) is 4.16. The molecule has 0 nitrogen and oxygen atoms in total. The molecule has 0 saturated heterocycles. The minimum Gasteiger partial charge on any atom is -0.198 e. The number of halogens is 5. The minimum absolute atomic E-state index is 0.185. The quantitative estimate of drug-likeness (QED) is 0.578. The van der Waals surface area contributed by atoms with Crippen molar-refractivity contribution in [3.05, 3.63) is 35.4 Å². The molecule has 0 fully saturated rings. The Hall–Kier alpha value is -0.580. The fourth-order valence-corrected chi connectivity index (χ4v) is 1.20. The lowest BCUT2D eigenvalue weighted by Crippen LogP contribution is -2.36. The van der Waals surface area contributed by atoms with Crippen LogP contribution in [0.2, 0.25) is 0 Å². The smallest absolute Gasteiger partial charge is 0.198 e. The van der Waals surface area contributed by atoms with E-state index < -0.39 is 17.2 Å². The number of rotatable bonds is 3. The van der Waals surface area contributed by atoms with E-state index in [0.717, 1.165) is 5.56 Å². The van der Waals surface area contributed by atoms with Crippen LogP contribution >= 0.6 is 15.9 Å². The van der Waals surface area contributed by atoms with Crippen LogP contribution in [0.3, 0.4) is 0 Å². The molecule has 1 aromatic carbocycles. The van der Waals surface area contributed by atoms with Gasteiger partial charge < -0.3 is 0 Å². The molecule has 0 atom stereocenters. The first-order valence-corrected chi connectivity index (χ1v) is 5.02. The van der Waals surface area contributed by atoms with Crippen molar-refractivity contribution in [2.24, 2.45) is 0 Å². The van der Waals surface area contributed by atoms with Gasteiger partial charge in [-0.05, 0) is 28.4 Å². The summed E-state index contributed by atoms with van der Waals surface area (Å²) in [6.45, 7) is 1.79. The van der Waals surface area contributed by atoms with E-state index in [4.69, 9.17) is 0 Å². The lowest BCUT2D eigenvalue weighted by molar-refractivity contribution is -0.145. The summed E-state index contributed by atoms with van der Waals surface area (Å²) in [5.41, 5.74) is 1.08. The molecule has 0 aliphatic rings. The van der Waals surface area contributed by atoms with Gasteiger partial charge in [0.2, 0.25) is 0 Å². The molecule has 15 heavy (non-hydrogen) atoms. The minimum atomic E-state index is -4.18. The van der Waals surface area contributed by atoms with E-state index in [2.05, 4.69) is 0 Å². The summed E-state index contributed by atoms with van der Waals surface area (Å²) >= 11 is 1.69. The number of alkyl halides is 5. The molecule has 0 aromatic heterocycles. The third kappa shape index (κ3) is 3.19. The lowest BCUT2D eigenvalue weighted by Gasteiger charge is -2.21. The first kappa shape index (κ1) is 12.5. The average Bonchev–Trinajstić information content (AvgIpc) is 2.06. The van der Waals surface area contributed by atoms with Crippen LogP contribution < -0.4 is 0 Å². The maximum absolute atomic E-state index is 12.9. The van der Waals surface area contributed by atoms with Gasteiger partial charge in [0.05, 0.1) is 0 Å². The second-order valence-corrected chi connectivity index (χ2v) is 4.36. The van der Waals surface area contributed by atoms with Crippen molar-refractivity contribution in [3.63, 3.8) is 0 Å². The van der Waals surface area contributed by atoms with E-state index in [-0.39, 0.29) is 5.56 Å². The Balaban J connectivity index is 2.82. The molecule has 0 radical (unpaired) electrons. The van der Waals surface area contributed by atoms with Crippen LogP contribution in [0.5, 0.6) is 0 Å². The molecular weight excluding hydrogens is 276 g/mol. The molecule has 84 valence electrons. The average molecular weight is 285 g/mol. The monoisotopic (exact) mass is 284 g/mol. The topological polar surface area (TPSA) is 0 Å². The van der Waals surface area contributed by atoms with Crippen LogP contribution in [-0.4, -0.2) is 10.8 Å². The third-order valence-corrected chi connectivity index (χ3v) is 2.54. The summed E-state index contributed by atoms with van der Waals surface area (Å²) < 4.78 is 50.7. The van der Waals surface area contributed by atoms with Crippen molar-refractivity contribution >= 4 is 15.9 Å². The zero-order valence-electron chi connectivity index (χ0n) is 7.91. The van der Waals surface area contributed by atoms with Gasteiger partial charge in [-0.25, -0.2) is 0 Å². The van der Waals surface area contributed by atoms with Crippen molar-refractivity contribution < 1.29 is 17.6 Å². The largest absolute Gasteiger partial charge is 0.363 e. The molecule has 1 aromatic rings. The first-order chi connectivity index (χ1) is 6.72. The van der Waals surface area contributed by atoms with E-state index in [1.807, 2.05) is 0 Å². The Bertz CT molecular complexity index is 326. The molecule has 0 N–H and O–H groups in total. The summed E-state index contributed by atoms with van der Waals surface area (Å²) in [4.78, 5) is -4.18. The van der Waals surface area contributed by atoms with Gasteiger partial charge in [-0.15, -0.1) is 0 Å². The Morgan fingerprint density at radius 1 is 1.07 bits per heavy atom. The second-order valence-electron chi connectivity index (χ2n) is 3.36. The van der Waals surface area contributed by atoms with Gasteiger partial charge in [0.15, 0.2) is 0 Å². The third-order valence-electron chi connectivity index (χ3n) is 1.96. The van der Waals surface area contributed by atoms with E-state index in [1.54, 1.807) is 35.0 Å². The van der Waals surface area contributed by atoms with Crippen LogP contribution in [-0.2, 0) is 6.42 Å². The Kier molecular flexibility index (Phi) is 3.43. The molecular formula is C10H9BrF4. The van der Waals surface area contributed by atoms with Gasteiger partial charge >= 0.3 is 10.8 Å². The van der Waals surface area contributed by atoms with Crippen LogP contribution in [0.25, 0.3) is 0 Å². The molecule has 0 aliphatic carbocycles. The van der Waals surface area contributed by atoms with Gasteiger partial charge in [0.1, 0.15) is 0 Å². The fraction of sp³-hybridized carbons (Fsp3) is 0.400. The van der Waals surface area contributed by atoms with E-state index in [9.17, 15) is 17.6 Å². The highest BCUT2D eigenvalue weighted by atomic mass is 79.9. The van der Waals surface area contributed by atoms with Gasteiger partial charge in [-0.3, -0.25) is 0 Å². The highest BCUT2D eigenvalue weighted by Crippen LogP contribution is 2.41. The zero-order valence-corrected chi connectivity index (χ0v) is 9.49. The number of hydrogen-bond acceptors (Lipinski definition) is 0. The van der Waals surface area contributed by atoms with Gasteiger partial charge in [0.25, 0.3) is 0 Å². The Morgan fingerprint density at radius 3 is 1.93 bits per heavy atom. The van der Waals surface area contributed by atoms with E-state index >= 15 is 0 Å². The second kappa shape index (κ2) is 4.12. The lowest BCUT2D eigenvalue weighted by atomic mass is 10.1. The molecule has 0 saturated carbocycles. The number of hydrogen-bond donors (Lipinski definition) is 0. The van der Waals surface area contributed by atoms with Crippen molar-refractivity contribution in [2.75, 3.05) is 0 Å². The zero-order chi connectivity index (χ0) is 11.7. The molecule has 0 spiro atoms. The van der Waals surface area contributed by atoms with Gasteiger partial charge in [-0.2, -0.15) is 17.6 Å². The van der Waals surface area contributed by atoms with Crippen molar-refractivity contribution in [3.8, 4) is 0 Å². The summed E-state index contributed by atoms with van der Waals surface area (Å²) in [5, 5.41) is 0. The molecule has 0 aliphatic heterocycles. The van der Waals surface area contributed by atoms with Gasteiger partial charge in [-0.1, -0.05) is 29.8 Å². The van der Waals surface area contributed by atoms with Crippen LogP contribution in [0.1, 0.15) is 11.1 Å². The van der Waals surface area contributed by atoms with Crippen molar-refractivity contribution in [2.45, 2.75) is 24.1 Å². The Morgan fingerprint density at radius 2 is 1.53 bits per heavy atom. The highest BCUT2D eigenvalue weighted by Gasteiger charge is 2.53. The summed E-state index contributed by atoms with van der Waals surface area (Å²) in [6, 6.07) is 6.06. The summed E-state index contributed by atoms with van der Waals surface area (Å²) in [5.74, 6) is -4.08. The van der Waals surface area contributed by atoms with E-state index in [0.29, 0.717) is 0 Å². The van der Waals surface area contributed by atoms with Crippen molar-refractivity contribution in [1.82, 2.24) is 0 Å². The van der Waals surface area contributed by atoms with Crippen LogP contribution in [0.4, 0.5) is 17.6 Å². The molecule has 1 rings (SSSR count). The number of benzene rings is 1. The molecule has 0 heterocycles. The predicted molar refractivity (Wildman–Crippen MR) is 53.7 cm³/mol. The Labute approximate surface area is 93.4 Å². The van der Waals surface area contributed by atoms with Gasteiger partial charge in [0, 0.05) is 6.42 Å². The molecule has 0 unspecified atom stereocenters. The summed E-state index contributed by atoms with van der Waals surface area (Å²) in [7, 11) is 0.